The van der Waals surface area contributed by atoms with E-state index >= 15 is 0 Å². The van der Waals surface area contributed by atoms with Crippen LogP contribution in [-0.4, -0.2) is 8.42 Å². The van der Waals surface area contributed by atoms with Crippen molar-refractivity contribution in [2.24, 2.45) is 0 Å². The highest BCUT2D eigenvalue weighted by atomic mass is 79.9. The van der Waals surface area contributed by atoms with Crippen molar-refractivity contribution in [3.63, 3.8) is 0 Å². The zero-order chi connectivity index (χ0) is 14.8. The Balaban J connectivity index is 2.29. The maximum atomic E-state index is 12.4. The summed E-state index contributed by atoms with van der Waals surface area (Å²) in [7, 11) is -3.54. The second kappa shape index (κ2) is 6.58. The summed E-state index contributed by atoms with van der Waals surface area (Å²) in [5.41, 5.74) is 0.858. The van der Waals surface area contributed by atoms with Gasteiger partial charge in [0.1, 0.15) is 4.21 Å². The molecule has 0 bridgehead atoms. The Morgan fingerprint density at radius 2 is 2.15 bits per heavy atom. The van der Waals surface area contributed by atoms with E-state index in [2.05, 4.69) is 20.7 Å². The van der Waals surface area contributed by atoms with Crippen LogP contribution in [0.1, 0.15) is 24.9 Å². The van der Waals surface area contributed by atoms with Crippen molar-refractivity contribution in [3.05, 3.63) is 50.8 Å². The number of thiophene rings is 1. The van der Waals surface area contributed by atoms with E-state index in [0.717, 1.165) is 5.56 Å². The van der Waals surface area contributed by atoms with Crippen molar-refractivity contribution in [2.75, 3.05) is 0 Å². The van der Waals surface area contributed by atoms with Gasteiger partial charge in [0.2, 0.25) is 0 Å². The molecule has 0 fully saturated rings. The molecule has 0 aliphatic heterocycles. The molecule has 0 radical (unpaired) electrons. The fourth-order valence-corrected chi connectivity index (χ4v) is 5.68. The van der Waals surface area contributed by atoms with Gasteiger partial charge in [0.15, 0.2) is 0 Å². The Morgan fingerprint density at radius 1 is 1.40 bits per heavy atom. The first-order chi connectivity index (χ1) is 9.44. The first kappa shape index (κ1) is 16.0. The fourth-order valence-electron chi connectivity index (χ4n) is 1.82. The fraction of sp³-hybridized carbons (Fsp3) is 0.231. The molecule has 7 heteroatoms. The minimum absolute atomic E-state index is 0.290. The van der Waals surface area contributed by atoms with Crippen molar-refractivity contribution >= 4 is 48.9 Å². The second-order valence-electron chi connectivity index (χ2n) is 4.19. The summed E-state index contributed by atoms with van der Waals surface area (Å²) in [6.07, 6.45) is 0.641. The zero-order valence-corrected chi connectivity index (χ0v) is 14.6. The van der Waals surface area contributed by atoms with Crippen molar-refractivity contribution in [1.82, 2.24) is 4.72 Å². The minimum atomic E-state index is -3.54. The number of hydrogen-bond donors (Lipinski definition) is 1. The number of sulfonamides is 1. The highest BCUT2D eigenvalue weighted by Gasteiger charge is 2.23. The summed E-state index contributed by atoms with van der Waals surface area (Å²) in [6, 6.07) is 8.65. The van der Waals surface area contributed by atoms with Gasteiger partial charge in [0.25, 0.3) is 10.0 Å². The van der Waals surface area contributed by atoms with Gasteiger partial charge in [-0.3, -0.25) is 0 Å². The SMILES string of the molecule is CCC(NS(=O)(=O)c1sccc1Br)c1cccc(Cl)c1. The lowest BCUT2D eigenvalue weighted by atomic mass is 10.1. The monoisotopic (exact) mass is 393 g/mol. The average Bonchev–Trinajstić information content (AvgIpc) is 2.83. The van der Waals surface area contributed by atoms with Gasteiger partial charge in [-0.05, 0) is 51.5 Å². The molecule has 2 rings (SSSR count). The third-order valence-corrected chi connectivity index (χ3v) is 7.16. The van der Waals surface area contributed by atoms with Gasteiger partial charge in [-0.15, -0.1) is 11.3 Å². The highest BCUT2D eigenvalue weighted by Crippen LogP contribution is 2.29. The molecule has 0 amide bonds. The number of rotatable bonds is 5. The van der Waals surface area contributed by atoms with Crippen LogP contribution in [0.5, 0.6) is 0 Å². The van der Waals surface area contributed by atoms with Crippen molar-refractivity contribution in [1.29, 1.82) is 0 Å². The molecule has 3 nitrogen and oxygen atoms in total. The van der Waals surface area contributed by atoms with Gasteiger partial charge in [-0.25, -0.2) is 13.1 Å². The molecule has 108 valence electrons. The normalized spacial score (nSPS) is 13.3. The van der Waals surface area contributed by atoms with E-state index in [9.17, 15) is 8.42 Å². The van der Waals surface area contributed by atoms with Crippen LogP contribution in [0.25, 0.3) is 0 Å². The maximum Gasteiger partial charge on any atom is 0.251 e. The quantitative estimate of drug-likeness (QED) is 0.806. The highest BCUT2D eigenvalue weighted by molar-refractivity contribution is 9.10. The Bertz CT molecular complexity index is 700. The summed E-state index contributed by atoms with van der Waals surface area (Å²) >= 11 is 10.4. The lowest BCUT2D eigenvalue weighted by molar-refractivity contribution is 0.551. The van der Waals surface area contributed by atoms with E-state index in [1.165, 1.54) is 11.3 Å². The topological polar surface area (TPSA) is 46.2 Å². The molecule has 2 aromatic rings. The van der Waals surface area contributed by atoms with Gasteiger partial charge < -0.3 is 0 Å². The van der Waals surface area contributed by atoms with Gasteiger partial charge in [0.05, 0.1) is 0 Å². The maximum absolute atomic E-state index is 12.4. The largest absolute Gasteiger partial charge is 0.251 e. The summed E-state index contributed by atoms with van der Waals surface area (Å²) in [6.45, 7) is 1.93. The number of nitrogens with one attached hydrogen (secondary N) is 1. The van der Waals surface area contributed by atoms with Crippen molar-refractivity contribution in [2.45, 2.75) is 23.6 Å². The van der Waals surface area contributed by atoms with Gasteiger partial charge in [0, 0.05) is 15.5 Å². The molecule has 1 aromatic carbocycles. The van der Waals surface area contributed by atoms with Gasteiger partial charge >= 0.3 is 0 Å². The van der Waals surface area contributed by atoms with Crippen LogP contribution in [0.2, 0.25) is 5.02 Å². The Morgan fingerprint density at radius 3 is 2.70 bits per heavy atom. The predicted octanol–water partition coefficient (Wildman–Crippen LogP) is 4.59. The predicted molar refractivity (Wildman–Crippen MR) is 86.8 cm³/mol. The van der Waals surface area contributed by atoms with E-state index in [1.54, 1.807) is 23.6 Å². The summed E-state index contributed by atoms with van der Waals surface area (Å²) in [5.74, 6) is 0. The number of benzene rings is 1. The van der Waals surface area contributed by atoms with E-state index in [-0.39, 0.29) is 10.3 Å². The lowest BCUT2D eigenvalue weighted by Gasteiger charge is -2.17. The third-order valence-electron chi connectivity index (χ3n) is 2.79. The Labute approximate surface area is 136 Å². The number of halogens is 2. The molecule has 0 spiro atoms. The molecule has 1 atom stereocenters. The molecule has 20 heavy (non-hydrogen) atoms. The van der Waals surface area contributed by atoms with Crippen LogP contribution in [-0.2, 0) is 10.0 Å². The molecule has 1 N–H and O–H groups in total. The summed E-state index contributed by atoms with van der Waals surface area (Å²) in [4.78, 5) is 0. The zero-order valence-electron chi connectivity index (χ0n) is 10.6. The summed E-state index contributed by atoms with van der Waals surface area (Å²) in [5, 5.41) is 2.33. The lowest BCUT2D eigenvalue weighted by Crippen LogP contribution is -2.28. The smallest absolute Gasteiger partial charge is 0.206 e. The van der Waals surface area contributed by atoms with Crippen LogP contribution >= 0.6 is 38.9 Å². The van der Waals surface area contributed by atoms with Gasteiger partial charge in [-0.2, -0.15) is 0 Å². The standard InChI is InChI=1S/C13H13BrClNO2S2/c1-2-12(9-4-3-5-10(15)8-9)16-20(17,18)13-11(14)6-7-19-13/h3-8,12,16H,2H2,1H3. The van der Waals surface area contributed by atoms with Crippen LogP contribution in [0.3, 0.4) is 0 Å². The van der Waals surface area contributed by atoms with Crippen LogP contribution in [0.4, 0.5) is 0 Å². The molecule has 1 heterocycles. The van der Waals surface area contributed by atoms with Crippen molar-refractivity contribution in [3.8, 4) is 0 Å². The van der Waals surface area contributed by atoms with Crippen LogP contribution in [0, 0.1) is 0 Å². The van der Waals surface area contributed by atoms with Gasteiger partial charge in [-0.1, -0.05) is 30.7 Å². The molecule has 0 aliphatic rings. The molecular weight excluding hydrogens is 382 g/mol. The minimum Gasteiger partial charge on any atom is -0.206 e. The molecule has 1 unspecified atom stereocenters. The van der Waals surface area contributed by atoms with E-state index in [0.29, 0.717) is 15.9 Å². The Hall–Kier alpha value is -0.400. The number of hydrogen-bond acceptors (Lipinski definition) is 3. The third kappa shape index (κ3) is 3.62. The summed E-state index contributed by atoms with van der Waals surface area (Å²) < 4.78 is 28.3. The van der Waals surface area contributed by atoms with E-state index < -0.39 is 10.0 Å². The second-order valence-corrected chi connectivity index (χ2v) is 8.31. The van der Waals surface area contributed by atoms with E-state index in [4.69, 9.17) is 11.6 Å². The Kier molecular flexibility index (Phi) is 5.25. The molecule has 0 saturated carbocycles. The van der Waals surface area contributed by atoms with E-state index in [1.807, 2.05) is 19.1 Å². The van der Waals surface area contributed by atoms with Crippen molar-refractivity contribution < 1.29 is 8.42 Å². The first-order valence-electron chi connectivity index (χ1n) is 5.95. The molecule has 0 aliphatic carbocycles. The molecular formula is C13H13BrClNO2S2. The molecule has 1 aromatic heterocycles. The van der Waals surface area contributed by atoms with Crippen LogP contribution in [0.15, 0.2) is 44.4 Å². The first-order valence-corrected chi connectivity index (χ1v) is 9.48. The average molecular weight is 395 g/mol. The molecule has 0 saturated heterocycles. The van der Waals surface area contributed by atoms with Crippen LogP contribution < -0.4 is 4.72 Å².